The van der Waals surface area contributed by atoms with Crippen LogP contribution in [0.3, 0.4) is 0 Å². The van der Waals surface area contributed by atoms with Crippen LogP contribution in [0.15, 0.2) is 12.1 Å². The van der Waals surface area contributed by atoms with E-state index in [1.54, 1.807) is 0 Å². The van der Waals surface area contributed by atoms with Gasteiger partial charge in [-0.2, -0.15) is 5.26 Å². The fraction of sp³-hybridized carbons (Fsp3) is 0.500. The molecular formula is C14H20N2. The van der Waals surface area contributed by atoms with E-state index in [4.69, 9.17) is 11.0 Å². The Kier molecular flexibility index (Phi) is 3.40. The van der Waals surface area contributed by atoms with Crippen LogP contribution in [0.4, 0.5) is 0 Å². The molecule has 1 rings (SSSR count). The second kappa shape index (κ2) is 4.27. The molecule has 0 radical (unpaired) electrons. The van der Waals surface area contributed by atoms with Crippen molar-refractivity contribution in [3.63, 3.8) is 0 Å². The van der Waals surface area contributed by atoms with Crippen molar-refractivity contribution in [3.8, 4) is 6.07 Å². The first-order chi connectivity index (χ1) is 7.31. The Hall–Kier alpha value is -1.33. The number of hydrogen-bond donors (Lipinski definition) is 1. The van der Waals surface area contributed by atoms with Crippen molar-refractivity contribution in [2.24, 2.45) is 11.1 Å². The summed E-state index contributed by atoms with van der Waals surface area (Å²) in [5, 5.41) is 9.11. The van der Waals surface area contributed by atoms with Gasteiger partial charge in [-0.05, 0) is 56.9 Å². The molecule has 0 spiro atoms. The first-order valence-corrected chi connectivity index (χ1v) is 5.54. The van der Waals surface area contributed by atoms with Gasteiger partial charge in [-0.25, -0.2) is 0 Å². The van der Waals surface area contributed by atoms with E-state index < -0.39 is 5.41 Å². The van der Waals surface area contributed by atoms with Crippen molar-refractivity contribution in [2.45, 2.75) is 40.7 Å². The van der Waals surface area contributed by atoms with Crippen molar-refractivity contribution >= 4 is 0 Å². The quantitative estimate of drug-likeness (QED) is 0.825. The van der Waals surface area contributed by atoms with E-state index >= 15 is 0 Å². The standard InChI is InChI=1S/C14H20N2/c1-9-6-7-12(11(3)10(9)2)13(16)14(4,5)8-15/h6-7,13H,16H2,1-5H3. The third kappa shape index (κ3) is 2.10. The lowest BCUT2D eigenvalue weighted by molar-refractivity contribution is 0.392. The zero-order valence-electron chi connectivity index (χ0n) is 10.8. The predicted molar refractivity (Wildman–Crippen MR) is 67.0 cm³/mol. The summed E-state index contributed by atoms with van der Waals surface area (Å²) in [5.41, 5.74) is 10.5. The average Bonchev–Trinajstić information content (AvgIpc) is 2.25. The lowest BCUT2D eigenvalue weighted by atomic mass is 9.80. The summed E-state index contributed by atoms with van der Waals surface area (Å²) in [4.78, 5) is 0. The number of aryl methyl sites for hydroxylation is 1. The maximum atomic E-state index is 9.11. The summed E-state index contributed by atoms with van der Waals surface area (Å²) in [7, 11) is 0. The lowest BCUT2D eigenvalue weighted by Crippen LogP contribution is -2.28. The number of nitriles is 1. The second-order valence-electron chi connectivity index (χ2n) is 5.03. The van der Waals surface area contributed by atoms with Crippen LogP contribution >= 0.6 is 0 Å². The lowest BCUT2D eigenvalue weighted by Gasteiger charge is -2.27. The van der Waals surface area contributed by atoms with Crippen LogP contribution in [0.25, 0.3) is 0 Å². The van der Waals surface area contributed by atoms with E-state index in [0.29, 0.717) is 0 Å². The SMILES string of the molecule is Cc1ccc(C(N)C(C)(C)C#N)c(C)c1C. The van der Waals surface area contributed by atoms with Crippen molar-refractivity contribution in [3.05, 3.63) is 34.4 Å². The van der Waals surface area contributed by atoms with Gasteiger partial charge in [-0.1, -0.05) is 12.1 Å². The normalized spacial score (nSPS) is 13.3. The highest BCUT2D eigenvalue weighted by molar-refractivity contribution is 5.41. The van der Waals surface area contributed by atoms with E-state index in [9.17, 15) is 0 Å². The molecule has 0 aliphatic carbocycles. The number of nitrogens with zero attached hydrogens (tertiary/aromatic N) is 1. The van der Waals surface area contributed by atoms with Crippen LogP contribution in [0.2, 0.25) is 0 Å². The first kappa shape index (κ1) is 12.7. The van der Waals surface area contributed by atoms with Crippen LogP contribution < -0.4 is 5.73 Å². The monoisotopic (exact) mass is 216 g/mol. The van der Waals surface area contributed by atoms with Gasteiger partial charge in [-0.15, -0.1) is 0 Å². The largest absolute Gasteiger partial charge is 0.323 e. The highest BCUT2D eigenvalue weighted by Gasteiger charge is 2.28. The summed E-state index contributed by atoms with van der Waals surface area (Å²) in [5.74, 6) is 0. The molecule has 0 aliphatic rings. The topological polar surface area (TPSA) is 49.8 Å². The van der Waals surface area contributed by atoms with Gasteiger partial charge in [0.25, 0.3) is 0 Å². The zero-order valence-corrected chi connectivity index (χ0v) is 10.8. The smallest absolute Gasteiger partial charge is 0.0710 e. The van der Waals surface area contributed by atoms with Crippen molar-refractivity contribution < 1.29 is 0 Å². The highest BCUT2D eigenvalue weighted by atomic mass is 14.7. The second-order valence-corrected chi connectivity index (χ2v) is 5.03. The molecule has 0 amide bonds. The first-order valence-electron chi connectivity index (χ1n) is 5.54. The minimum atomic E-state index is -0.535. The maximum Gasteiger partial charge on any atom is 0.0710 e. The Morgan fingerprint density at radius 1 is 1.19 bits per heavy atom. The van der Waals surface area contributed by atoms with Crippen molar-refractivity contribution in [1.29, 1.82) is 5.26 Å². The third-order valence-electron chi connectivity index (χ3n) is 3.50. The molecule has 0 aromatic heterocycles. The Balaban J connectivity index is 3.27. The summed E-state index contributed by atoms with van der Waals surface area (Å²) in [6, 6.07) is 6.15. The molecule has 1 aromatic rings. The van der Waals surface area contributed by atoms with Crippen molar-refractivity contribution in [2.75, 3.05) is 0 Å². The molecule has 0 fully saturated rings. The Morgan fingerprint density at radius 3 is 2.25 bits per heavy atom. The van der Waals surface area contributed by atoms with E-state index in [1.165, 1.54) is 16.7 Å². The molecule has 1 aromatic carbocycles. The summed E-state index contributed by atoms with van der Waals surface area (Å²) in [6.45, 7) is 10.0. The minimum Gasteiger partial charge on any atom is -0.323 e. The van der Waals surface area contributed by atoms with Gasteiger partial charge in [0.1, 0.15) is 0 Å². The van der Waals surface area contributed by atoms with Crippen LogP contribution in [0.1, 0.15) is 42.1 Å². The third-order valence-corrected chi connectivity index (χ3v) is 3.50. The number of rotatable bonds is 2. The van der Waals surface area contributed by atoms with Crippen LogP contribution in [0, 0.1) is 37.5 Å². The zero-order chi connectivity index (χ0) is 12.5. The molecule has 2 N–H and O–H groups in total. The summed E-state index contributed by atoms with van der Waals surface area (Å²) < 4.78 is 0. The average molecular weight is 216 g/mol. The fourth-order valence-electron chi connectivity index (χ4n) is 1.77. The summed E-state index contributed by atoms with van der Waals surface area (Å²) in [6.07, 6.45) is 0. The Morgan fingerprint density at radius 2 is 1.75 bits per heavy atom. The molecule has 1 unspecified atom stereocenters. The minimum absolute atomic E-state index is 0.239. The molecule has 16 heavy (non-hydrogen) atoms. The molecule has 0 saturated carbocycles. The molecular weight excluding hydrogens is 196 g/mol. The van der Waals surface area contributed by atoms with E-state index in [2.05, 4.69) is 32.9 Å². The summed E-state index contributed by atoms with van der Waals surface area (Å²) >= 11 is 0. The molecule has 1 atom stereocenters. The van der Waals surface area contributed by atoms with Crippen molar-refractivity contribution in [1.82, 2.24) is 0 Å². The van der Waals surface area contributed by atoms with E-state index in [1.807, 2.05) is 19.9 Å². The van der Waals surface area contributed by atoms with Crippen LogP contribution in [-0.4, -0.2) is 0 Å². The molecule has 86 valence electrons. The highest BCUT2D eigenvalue weighted by Crippen LogP contribution is 2.33. The maximum absolute atomic E-state index is 9.11. The molecule has 2 nitrogen and oxygen atoms in total. The van der Waals surface area contributed by atoms with Gasteiger partial charge in [0.2, 0.25) is 0 Å². The number of nitrogens with two attached hydrogens (primary N) is 1. The molecule has 0 bridgehead atoms. The van der Waals surface area contributed by atoms with Crippen LogP contribution in [0.5, 0.6) is 0 Å². The number of benzene rings is 1. The van der Waals surface area contributed by atoms with Gasteiger partial charge in [-0.3, -0.25) is 0 Å². The molecule has 0 heterocycles. The van der Waals surface area contributed by atoms with Gasteiger partial charge in [0.15, 0.2) is 0 Å². The Bertz CT molecular complexity index is 439. The van der Waals surface area contributed by atoms with E-state index in [0.717, 1.165) is 5.56 Å². The number of hydrogen-bond acceptors (Lipinski definition) is 2. The van der Waals surface area contributed by atoms with Gasteiger partial charge < -0.3 is 5.73 Å². The predicted octanol–water partition coefficient (Wildman–Crippen LogP) is 3.16. The van der Waals surface area contributed by atoms with Gasteiger partial charge >= 0.3 is 0 Å². The molecule has 0 saturated heterocycles. The van der Waals surface area contributed by atoms with Gasteiger partial charge in [0.05, 0.1) is 11.5 Å². The Labute approximate surface area is 98.1 Å². The molecule has 2 heteroatoms. The van der Waals surface area contributed by atoms with Gasteiger partial charge in [0, 0.05) is 6.04 Å². The molecule has 0 aliphatic heterocycles. The van der Waals surface area contributed by atoms with E-state index in [-0.39, 0.29) is 6.04 Å². The van der Waals surface area contributed by atoms with Crippen LogP contribution in [-0.2, 0) is 0 Å². The fourth-order valence-corrected chi connectivity index (χ4v) is 1.77.